The molecule has 0 aliphatic rings. The summed E-state index contributed by atoms with van der Waals surface area (Å²) >= 11 is 0. The molecule has 0 heterocycles. The Hall–Kier alpha value is -2.40. The van der Waals surface area contributed by atoms with E-state index in [1.54, 1.807) is 24.3 Å². The first-order chi connectivity index (χ1) is 18.1. The monoisotopic (exact) mass is 618 g/mol. The van der Waals surface area contributed by atoms with E-state index in [1.807, 2.05) is 83.1 Å². The SMILES string of the molecule is CCC(C)(C)c1cc(C(=O)[O-])cc(C(C)(C)CC)c1O.CCC(C)(C)c1cc(C(=O)[O-])cc(C(C)(C)CC)c1O.[Zn+2]. The number of aromatic hydroxyl groups is 2. The number of rotatable bonds is 10. The van der Waals surface area contributed by atoms with E-state index >= 15 is 0 Å². The van der Waals surface area contributed by atoms with E-state index in [-0.39, 0.29) is 63.8 Å². The van der Waals surface area contributed by atoms with Crippen molar-refractivity contribution in [3.63, 3.8) is 0 Å². The van der Waals surface area contributed by atoms with Gasteiger partial charge in [-0.05, 0) is 82.7 Å². The minimum atomic E-state index is -1.20. The van der Waals surface area contributed by atoms with Crippen LogP contribution in [-0.4, -0.2) is 22.2 Å². The van der Waals surface area contributed by atoms with Gasteiger partial charge in [0.05, 0.1) is 11.9 Å². The molecular formula is C34H50O6Zn. The molecule has 0 aromatic heterocycles. The second kappa shape index (κ2) is 14.2. The molecule has 0 saturated carbocycles. The molecule has 0 bridgehead atoms. The number of benzene rings is 2. The van der Waals surface area contributed by atoms with E-state index in [4.69, 9.17) is 0 Å². The zero-order chi connectivity index (χ0) is 31.4. The molecule has 0 aliphatic carbocycles. The van der Waals surface area contributed by atoms with Crippen molar-refractivity contribution in [2.75, 3.05) is 0 Å². The third-order valence-electron chi connectivity index (χ3n) is 9.14. The van der Waals surface area contributed by atoms with Gasteiger partial charge in [0.2, 0.25) is 0 Å². The van der Waals surface area contributed by atoms with Gasteiger partial charge in [-0.15, -0.1) is 0 Å². The topological polar surface area (TPSA) is 121 Å². The summed E-state index contributed by atoms with van der Waals surface area (Å²) in [5.41, 5.74) is 1.85. The van der Waals surface area contributed by atoms with Gasteiger partial charge in [0.15, 0.2) is 0 Å². The summed E-state index contributed by atoms with van der Waals surface area (Å²) in [7, 11) is 0. The molecule has 7 heteroatoms. The zero-order valence-corrected chi connectivity index (χ0v) is 30.3. The molecule has 0 atom stereocenters. The Morgan fingerprint density at radius 3 is 0.829 bits per heavy atom. The number of carbonyl (C=O) groups is 2. The smallest absolute Gasteiger partial charge is 0.545 e. The molecule has 2 N–H and O–H groups in total. The van der Waals surface area contributed by atoms with Gasteiger partial charge in [-0.2, -0.15) is 0 Å². The van der Waals surface area contributed by atoms with Crippen LogP contribution in [0.15, 0.2) is 24.3 Å². The Balaban J connectivity index is 0.000000762. The Kier molecular flexibility index (Phi) is 13.4. The molecule has 0 unspecified atom stereocenters. The van der Waals surface area contributed by atoms with Crippen molar-refractivity contribution in [1.29, 1.82) is 0 Å². The molecule has 0 fully saturated rings. The summed E-state index contributed by atoms with van der Waals surface area (Å²) in [5.74, 6) is -1.97. The average Bonchev–Trinajstić information content (AvgIpc) is 2.88. The Labute approximate surface area is 260 Å². The number of phenols is 2. The number of hydrogen-bond acceptors (Lipinski definition) is 6. The number of carboxylic acids is 2. The molecule has 0 aliphatic heterocycles. The van der Waals surface area contributed by atoms with Crippen LogP contribution in [-0.2, 0) is 41.1 Å². The van der Waals surface area contributed by atoms with E-state index in [9.17, 15) is 30.0 Å². The molecule has 0 saturated heterocycles. The summed E-state index contributed by atoms with van der Waals surface area (Å²) < 4.78 is 0. The molecule has 2 aromatic rings. The van der Waals surface area contributed by atoms with Crippen molar-refractivity contribution in [3.05, 3.63) is 57.6 Å². The van der Waals surface area contributed by atoms with Crippen molar-refractivity contribution >= 4 is 11.9 Å². The minimum absolute atomic E-state index is 0. The zero-order valence-electron chi connectivity index (χ0n) is 27.4. The number of aromatic carboxylic acids is 2. The van der Waals surface area contributed by atoms with Crippen LogP contribution < -0.4 is 10.2 Å². The predicted octanol–water partition coefficient (Wildman–Crippen LogP) is 6.26. The van der Waals surface area contributed by atoms with Crippen molar-refractivity contribution in [1.82, 2.24) is 0 Å². The third kappa shape index (κ3) is 8.80. The van der Waals surface area contributed by atoms with Crippen LogP contribution >= 0.6 is 0 Å². The van der Waals surface area contributed by atoms with E-state index < -0.39 is 11.9 Å². The van der Waals surface area contributed by atoms with Gasteiger partial charge < -0.3 is 30.0 Å². The number of phenolic OH excluding ortho intramolecular Hbond substituents is 2. The van der Waals surface area contributed by atoms with Gasteiger partial charge in [-0.1, -0.05) is 83.1 Å². The maximum atomic E-state index is 11.3. The number of carbonyl (C=O) groups excluding carboxylic acids is 2. The summed E-state index contributed by atoms with van der Waals surface area (Å²) in [6.45, 7) is 24.1. The van der Waals surface area contributed by atoms with Crippen molar-refractivity contribution < 1.29 is 49.5 Å². The van der Waals surface area contributed by atoms with Gasteiger partial charge in [0.25, 0.3) is 0 Å². The van der Waals surface area contributed by atoms with Gasteiger partial charge in [-0.3, -0.25) is 0 Å². The van der Waals surface area contributed by atoms with Crippen LogP contribution in [0.5, 0.6) is 11.5 Å². The van der Waals surface area contributed by atoms with E-state index in [0.717, 1.165) is 25.7 Å². The first-order valence-electron chi connectivity index (χ1n) is 14.3. The summed E-state index contributed by atoms with van der Waals surface area (Å²) in [6, 6.07) is 6.18. The third-order valence-corrected chi connectivity index (χ3v) is 9.14. The maximum absolute atomic E-state index is 11.3. The van der Waals surface area contributed by atoms with Gasteiger partial charge in [0, 0.05) is 22.3 Å². The average molecular weight is 620 g/mol. The minimum Gasteiger partial charge on any atom is -0.545 e. The normalized spacial score (nSPS) is 12.2. The first-order valence-corrected chi connectivity index (χ1v) is 14.3. The largest absolute Gasteiger partial charge is 2.00 e. The quantitative estimate of drug-likeness (QED) is 0.303. The molecule has 2 aromatic carbocycles. The van der Waals surface area contributed by atoms with Gasteiger partial charge >= 0.3 is 19.5 Å². The second-order valence-corrected chi connectivity index (χ2v) is 13.4. The van der Waals surface area contributed by atoms with Crippen LogP contribution in [0.25, 0.3) is 0 Å². The summed E-state index contributed by atoms with van der Waals surface area (Å²) in [4.78, 5) is 22.5. The fourth-order valence-electron chi connectivity index (χ4n) is 4.33. The Bertz CT molecular complexity index is 1050. The van der Waals surface area contributed by atoms with Crippen molar-refractivity contribution in [3.8, 4) is 11.5 Å². The van der Waals surface area contributed by atoms with E-state index in [0.29, 0.717) is 22.3 Å². The molecule has 41 heavy (non-hydrogen) atoms. The molecular weight excluding hydrogens is 570 g/mol. The summed E-state index contributed by atoms with van der Waals surface area (Å²) in [6.07, 6.45) is 3.23. The van der Waals surface area contributed by atoms with Crippen LogP contribution in [0.3, 0.4) is 0 Å². The maximum Gasteiger partial charge on any atom is 2.00 e. The van der Waals surface area contributed by atoms with Crippen LogP contribution in [0.4, 0.5) is 0 Å². The Morgan fingerprint density at radius 1 is 0.537 bits per heavy atom. The summed E-state index contributed by atoms with van der Waals surface area (Å²) in [5, 5.41) is 43.7. The standard InChI is InChI=1S/2C17H26O3.Zn/c2*1-7-16(3,4)12-9-11(15(19)20)10-13(14(12)18)17(5,6)8-2;/h2*9-10,18H,7-8H2,1-6H3,(H,19,20);/q;;+2/p-2. The van der Waals surface area contributed by atoms with Gasteiger partial charge in [-0.25, -0.2) is 0 Å². The van der Waals surface area contributed by atoms with Crippen molar-refractivity contribution in [2.24, 2.45) is 0 Å². The van der Waals surface area contributed by atoms with Crippen LogP contribution in [0.1, 0.15) is 152 Å². The van der Waals surface area contributed by atoms with E-state index in [2.05, 4.69) is 0 Å². The van der Waals surface area contributed by atoms with Crippen molar-refractivity contribution in [2.45, 2.75) is 130 Å². The molecule has 0 radical (unpaired) electrons. The molecule has 2 rings (SSSR count). The van der Waals surface area contributed by atoms with Crippen LogP contribution in [0.2, 0.25) is 0 Å². The molecule has 6 nitrogen and oxygen atoms in total. The first kappa shape index (κ1) is 38.6. The molecule has 0 spiro atoms. The molecule has 224 valence electrons. The van der Waals surface area contributed by atoms with Gasteiger partial charge in [0.1, 0.15) is 11.5 Å². The predicted molar refractivity (Wildman–Crippen MR) is 158 cm³/mol. The Morgan fingerprint density at radius 2 is 0.707 bits per heavy atom. The number of hydrogen-bond donors (Lipinski definition) is 2. The van der Waals surface area contributed by atoms with Crippen LogP contribution in [0, 0.1) is 0 Å². The molecule has 0 amide bonds. The van der Waals surface area contributed by atoms with E-state index in [1.165, 1.54) is 0 Å². The number of carboxylic acid groups (broad SMARTS) is 2. The fraction of sp³-hybridized carbons (Fsp3) is 0.588. The fourth-order valence-corrected chi connectivity index (χ4v) is 4.33. The second-order valence-electron chi connectivity index (χ2n) is 13.4.